The largest absolute Gasteiger partial charge is 0.303 e. The van der Waals surface area contributed by atoms with Crippen molar-refractivity contribution in [3.63, 3.8) is 0 Å². The Bertz CT molecular complexity index is 211. The van der Waals surface area contributed by atoms with Crippen LogP contribution >= 0.6 is 11.6 Å². The van der Waals surface area contributed by atoms with E-state index in [4.69, 9.17) is 11.6 Å². The van der Waals surface area contributed by atoms with Crippen LogP contribution in [0.4, 0.5) is 0 Å². The number of nitrogens with zero attached hydrogens (tertiary/aromatic N) is 2. The zero-order valence-corrected chi connectivity index (χ0v) is 9.20. The predicted molar refractivity (Wildman–Crippen MR) is 58.5 cm³/mol. The van der Waals surface area contributed by atoms with Gasteiger partial charge in [0.2, 0.25) is 0 Å². The summed E-state index contributed by atoms with van der Waals surface area (Å²) in [5, 5.41) is 0. The fraction of sp³-hybridized carbons (Fsp3) is 0.700. The third-order valence-electron chi connectivity index (χ3n) is 2.41. The van der Waals surface area contributed by atoms with Crippen LogP contribution in [0.3, 0.4) is 0 Å². The Morgan fingerprint density at radius 1 is 1.54 bits per heavy atom. The SMILES string of the molecule is CC(C)N(C)CC1C=CC=NC1Cl. The summed E-state index contributed by atoms with van der Waals surface area (Å²) in [4.78, 5) is 6.43. The number of dihydropyridines is 1. The Morgan fingerprint density at radius 3 is 2.77 bits per heavy atom. The normalized spacial score (nSPS) is 27.5. The van der Waals surface area contributed by atoms with E-state index in [2.05, 4.69) is 36.9 Å². The van der Waals surface area contributed by atoms with E-state index in [1.165, 1.54) is 0 Å². The van der Waals surface area contributed by atoms with Gasteiger partial charge in [-0.15, -0.1) is 0 Å². The van der Waals surface area contributed by atoms with Gasteiger partial charge in [-0.05, 0) is 27.0 Å². The van der Waals surface area contributed by atoms with Gasteiger partial charge < -0.3 is 4.90 Å². The highest BCUT2D eigenvalue weighted by Crippen LogP contribution is 2.18. The lowest BCUT2D eigenvalue weighted by Crippen LogP contribution is -2.34. The molecule has 0 amide bonds. The number of hydrogen-bond acceptors (Lipinski definition) is 2. The lowest BCUT2D eigenvalue weighted by molar-refractivity contribution is 0.245. The molecule has 0 aromatic rings. The molecular weight excluding hydrogens is 184 g/mol. The smallest absolute Gasteiger partial charge is 0.131 e. The quantitative estimate of drug-likeness (QED) is 0.504. The third-order valence-corrected chi connectivity index (χ3v) is 2.84. The molecule has 2 unspecified atom stereocenters. The van der Waals surface area contributed by atoms with Gasteiger partial charge in [0.05, 0.1) is 0 Å². The van der Waals surface area contributed by atoms with Crippen molar-refractivity contribution >= 4 is 17.8 Å². The van der Waals surface area contributed by atoms with Crippen molar-refractivity contribution < 1.29 is 0 Å². The van der Waals surface area contributed by atoms with Gasteiger partial charge >= 0.3 is 0 Å². The topological polar surface area (TPSA) is 15.6 Å². The average Bonchev–Trinajstić information content (AvgIpc) is 2.08. The zero-order chi connectivity index (χ0) is 9.84. The van der Waals surface area contributed by atoms with Crippen LogP contribution in [0, 0.1) is 5.92 Å². The molecule has 1 aliphatic rings. The first-order chi connectivity index (χ1) is 6.11. The number of allylic oxidation sites excluding steroid dienone is 1. The van der Waals surface area contributed by atoms with E-state index in [1.54, 1.807) is 6.21 Å². The standard InChI is InChI=1S/C10H17ClN2/c1-8(2)13(3)7-9-5-4-6-12-10(9)11/h4-6,8-10H,7H2,1-3H3. The van der Waals surface area contributed by atoms with Crippen LogP contribution in [0.1, 0.15) is 13.8 Å². The van der Waals surface area contributed by atoms with E-state index >= 15 is 0 Å². The molecule has 0 fully saturated rings. The molecule has 0 bridgehead atoms. The van der Waals surface area contributed by atoms with Crippen LogP contribution in [0.25, 0.3) is 0 Å². The molecule has 1 aliphatic heterocycles. The Balaban J connectivity index is 2.45. The Labute approximate surface area is 85.3 Å². The summed E-state index contributed by atoms with van der Waals surface area (Å²) in [7, 11) is 2.11. The third kappa shape index (κ3) is 3.12. The van der Waals surface area contributed by atoms with Crippen molar-refractivity contribution in [2.45, 2.75) is 25.4 Å². The lowest BCUT2D eigenvalue weighted by atomic mass is 10.1. The minimum Gasteiger partial charge on any atom is -0.303 e. The summed E-state index contributed by atoms with van der Waals surface area (Å²) in [6.07, 6.45) is 5.87. The molecule has 13 heavy (non-hydrogen) atoms. The number of alkyl halides is 1. The van der Waals surface area contributed by atoms with E-state index in [9.17, 15) is 0 Å². The van der Waals surface area contributed by atoms with Crippen molar-refractivity contribution in [1.82, 2.24) is 4.90 Å². The van der Waals surface area contributed by atoms with Crippen LogP contribution in [0.15, 0.2) is 17.1 Å². The minimum absolute atomic E-state index is 0.0915. The molecule has 0 aromatic heterocycles. The molecular formula is C10H17ClN2. The first-order valence-electron chi connectivity index (χ1n) is 4.65. The summed E-state index contributed by atoms with van der Waals surface area (Å²) in [5.74, 6) is 0.346. The second-order valence-electron chi connectivity index (χ2n) is 3.75. The van der Waals surface area contributed by atoms with Gasteiger partial charge in [0.1, 0.15) is 5.50 Å². The molecule has 0 saturated heterocycles. The van der Waals surface area contributed by atoms with Crippen LogP contribution in [-0.4, -0.2) is 36.2 Å². The highest BCUT2D eigenvalue weighted by atomic mass is 35.5. The summed E-state index contributed by atoms with van der Waals surface area (Å²) >= 11 is 6.06. The maximum atomic E-state index is 6.06. The van der Waals surface area contributed by atoms with Gasteiger partial charge in [0, 0.05) is 24.7 Å². The van der Waals surface area contributed by atoms with Crippen LogP contribution in [0.5, 0.6) is 0 Å². The number of halogens is 1. The molecule has 2 nitrogen and oxygen atoms in total. The van der Waals surface area contributed by atoms with Crippen molar-refractivity contribution in [3.8, 4) is 0 Å². The van der Waals surface area contributed by atoms with Gasteiger partial charge in [-0.2, -0.15) is 0 Å². The molecule has 0 radical (unpaired) electrons. The number of hydrogen-bond donors (Lipinski definition) is 0. The molecule has 1 rings (SSSR count). The first kappa shape index (κ1) is 10.7. The van der Waals surface area contributed by atoms with Gasteiger partial charge in [-0.1, -0.05) is 17.7 Å². The first-order valence-corrected chi connectivity index (χ1v) is 5.09. The van der Waals surface area contributed by atoms with Crippen LogP contribution in [0.2, 0.25) is 0 Å². The van der Waals surface area contributed by atoms with Gasteiger partial charge in [0.25, 0.3) is 0 Å². The second-order valence-corrected chi connectivity index (χ2v) is 4.20. The highest BCUT2D eigenvalue weighted by Gasteiger charge is 2.19. The summed E-state index contributed by atoms with van der Waals surface area (Å²) in [5.41, 5.74) is -0.0915. The van der Waals surface area contributed by atoms with Crippen molar-refractivity contribution in [1.29, 1.82) is 0 Å². The summed E-state index contributed by atoms with van der Waals surface area (Å²) in [6.45, 7) is 5.33. The van der Waals surface area contributed by atoms with Gasteiger partial charge in [0.15, 0.2) is 0 Å². The zero-order valence-electron chi connectivity index (χ0n) is 8.44. The van der Waals surface area contributed by atoms with E-state index in [0.717, 1.165) is 6.54 Å². The van der Waals surface area contributed by atoms with E-state index in [0.29, 0.717) is 12.0 Å². The summed E-state index contributed by atoms with van der Waals surface area (Å²) in [6, 6.07) is 0.558. The minimum atomic E-state index is -0.0915. The predicted octanol–water partition coefficient (Wildman–Crippen LogP) is 2.15. The van der Waals surface area contributed by atoms with Crippen molar-refractivity contribution in [2.75, 3.05) is 13.6 Å². The average molecular weight is 201 g/mol. The van der Waals surface area contributed by atoms with Crippen molar-refractivity contribution in [3.05, 3.63) is 12.2 Å². The van der Waals surface area contributed by atoms with E-state index in [1.807, 2.05) is 6.08 Å². The highest BCUT2D eigenvalue weighted by molar-refractivity contribution is 6.21. The van der Waals surface area contributed by atoms with Gasteiger partial charge in [-0.3, -0.25) is 4.99 Å². The molecule has 0 aliphatic carbocycles. The van der Waals surface area contributed by atoms with Crippen molar-refractivity contribution in [2.24, 2.45) is 10.9 Å². The summed E-state index contributed by atoms with van der Waals surface area (Å²) < 4.78 is 0. The van der Waals surface area contributed by atoms with Crippen LogP contribution < -0.4 is 0 Å². The second kappa shape index (κ2) is 4.77. The van der Waals surface area contributed by atoms with E-state index < -0.39 is 0 Å². The Hall–Kier alpha value is -0.340. The fourth-order valence-electron chi connectivity index (χ4n) is 1.22. The maximum absolute atomic E-state index is 6.06. The molecule has 0 saturated carbocycles. The molecule has 74 valence electrons. The molecule has 0 spiro atoms. The number of aliphatic imine (C=N–C) groups is 1. The lowest BCUT2D eigenvalue weighted by Gasteiger charge is -2.27. The Kier molecular flexibility index (Phi) is 3.94. The van der Waals surface area contributed by atoms with E-state index in [-0.39, 0.29) is 5.50 Å². The molecule has 0 N–H and O–H groups in total. The Morgan fingerprint density at radius 2 is 2.23 bits per heavy atom. The molecule has 3 heteroatoms. The van der Waals surface area contributed by atoms with Crippen LogP contribution in [-0.2, 0) is 0 Å². The monoisotopic (exact) mass is 200 g/mol. The fourth-order valence-corrected chi connectivity index (χ4v) is 1.45. The number of rotatable bonds is 3. The van der Waals surface area contributed by atoms with Gasteiger partial charge in [-0.25, -0.2) is 0 Å². The molecule has 0 aromatic carbocycles. The molecule has 2 atom stereocenters. The molecule has 1 heterocycles. The maximum Gasteiger partial charge on any atom is 0.131 e.